The van der Waals surface area contributed by atoms with Crippen molar-refractivity contribution in [3.63, 3.8) is 0 Å². The standard InChI is InChI=1S/C16H19N3O4S2/c1-13(2)18-10-16(17-12-18)25(22,23)19(14-6-4-3-5-7-14)15-8-9-24(20,21)11-15/h3-10,12-13,15H,11H2,1-2H3. The van der Waals surface area contributed by atoms with Gasteiger partial charge >= 0.3 is 0 Å². The van der Waals surface area contributed by atoms with Crippen molar-refractivity contribution in [3.8, 4) is 0 Å². The molecule has 0 saturated heterocycles. The summed E-state index contributed by atoms with van der Waals surface area (Å²) in [7, 11) is -7.43. The van der Waals surface area contributed by atoms with Gasteiger partial charge < -0.3 is 4.57 Å². The van der Waals surface area contributed by atoms with E-state index >= 15 is 0 Å². The highest BCUT2D eigenvalue weighted by Gasteiger charge is 2.37. The van der Waals surface area contributed by atoms with Crippen LogP contribution in [-0.2, 0) is 19.9 Å². The Morgan fingerprint density at radius 1 is 1.24 bits per heavy atom. The lowest BCUT2D eigenvalue weighted by molar-refractivity contribution is 0.581. The maximum atomic E-state index is 13.2. The van der Waals surface area contributed by atoms with Crippen LogP contribution in [0, 0.1) is 0 Å². The van der Waals surface area contributed by atoms with Crippen LogP contribution < -0.4 is 4.31 Å². The zero-order valence-corrected chi connectivity index (χ0v) is 15.5. The van der Waals surface area contributed by atoms with Gasteiger partial charge in [0.25, 0.3) is 10.0 Å². The number of anilines is 1. The maximum Gasteiger partial charge on any atom is 0.283 e. The normalized spacial score (nSPS) is 19.4. The zero-order valence-electron chi connectivity index (χ0n) is 13.8. The second kappa shape index (κ2) is 6.30. The van der Waals surface area contributed by atoms with E-state index in [-0.39, 0.29) is 16.8 Å². The fourth-order valence-corrected chi connectivity index (χ4v) is 5.52. The highest BCUT2D eigenvalue weighted by atomic mass is 32.2. The highest BCUT2D eigenvalue weighted by molar-refractivity contribution is 7.95. The first-order valence-corrected chi connectivity index (χ1v) is 10.9. The molecule has 2 heterocycles. The SMILES string of the molecule is CC(C)n1cnc(S(=O)(=O)N(c2ccccc2)C2C=CS(=O)(=O)C2)c1. The Kier molecular flexibility index (Phi) is 4.46. The van der Waals surface area contributed by atoms with Gasteiger partial charge in [0.2, 0.25) is 0 Å². The van der Waals surface area contributed by atoms with Crippen LogP contribution in [0.15, 0.2) is 59.4 Å². The molecule has 1 atom stereocenters. The molecule has 3 rings (SSSR count). The van der Waals surface area contributed by atoms with Crippen LogP contribution in [0.4, 0.5) is 5.69 Å². The number of benzene rings is 1. The van der Waals surface area contributed by atoms with E-state index in [1.54, 1.807) is 34.9 Å². The lowest BCUT2D eigenvalue weighted by atomic mass is 10.2. The van der Waals surface area contributed by atoms with Gasteiger partial charge in [-0.1, -0.05) is 18.2 Å². The Bertz CT molecular complexity index is 993. The van der Waals surface area contributed by atoms with Gasteiger partial charge in [-0.25, -0.2) is 13.4 Å². The fraction of sp³-hybridized carbons (Fsp3) is 0.312. The second-order valence-corrected chi connectivity index (χ2v) is 9.81. The third kappa shape index (κ3) is 3.47. The van der Waals surface area contributed by atoms with E-state index < -0.39 is 25.9 Å². The smallest absolute Gasteiger partial charge is 0.283 e. The van der Waals surface area contributed by atoms with Gasteiger partial charge in [0.05, 0.1) is 23.8 Å². The molecule has 1 aromatic carbocycles. The van der Waals surface area contributed by atoms with Crippen molar-refractivity contribution < 1.29 is 16.8 Å². The van der Waals surface area contributed by atoms with Gasteiger partial charge in [-0.05, 0) is 32.1 Å². The van der Waals surface area contributed by atoms with Gasteiger partial charge in [0, 0.05) is 17.6 Å². The average Bonchev–Trinajstić information content (AvgIpc) is 3.16. The Balaban J connectivity index is 2.09. The van der Waals surface area contributed by atoms with E-state index in [2.05, 4.69) is 4.98 Å². The van der Waals surface area contributed by atoms with Gasteiger partial charge in [0.1, 0.15) is 0 Å². The van der Waals surface area contributed by atoms with Crippen LogP contribution in [0.25, 0.3) is 0 Å². The maximum absolute atomic E-state index is 13.2. The minimum absolute atomic E-state index is 0.0633. The van der Waals surface area contributed by atoms with Gasteiger partial charge in [-0.2, -0.15) is 8.42 Å². The molecule has 1 aromatic heterocycles. The first-order valence-electron chi connectivity index (χ1n) is 7.74. The van der Waals surface area contributed by atoms with Crippen LogP contribution in [0.3, 0.4) is 0 Å². The molecule has 0 aliphatic carbocycles. The van der Waals surface area contributed by atoms with Crippen molar-refractivity contribution in [2.45, 2.75) is 31.0 Å². The summed E-state index contributed by atoms with van der Waals surface area (Å²) in [5, 5.41) is 0.957. The first-order chi connectivity index (χ1) is 11.7. The van der Waals surface area contributed by atoms with E-state index in [4.69, 9.17) is 0 Å². The van der Waals surface area contributed by atoms with Crippen LogP contribution >= 0.6 is 0 Å². The molecule has 2 aromatic rings. The second-order valence-electron chi connectivity index (χ2n) is 6.11. The molecule has 0 radical (unpaired) electrons. The van der Waals surface area contributed by atoms with Crippen LogP contribution in [0.2, 0.25) is 0 Å². The van der Waals surface area contributed by atoms with Gasteiger partial charge in [-0.15, -0.1) is 0 Å². The van der Waals surface area contributed by atoms with Crippen molar-refractivity contribution in [2.75, 3.05) is 10.1 Å². The van der Waals surface area contributed by atoms with E-state index in [0.717, 1.165) is 9.71 Å². The molecular formula is C16H19N3O4S2. The van der Waals surface area contributed by atoms with E-state index in [9.17, 15) is 16.8 Å². The third-order valence-electron chi connectivity index (χ3n) is 3.92. The highest BCUT2D eigenvalue weighted by Crippen LogP contribution is 2.29. The lowest BCUT2D eigenvalue weighted by Crippen LogP contribution is -2.41. The molecule has 0 fully saturated rings. The summed E-state index contributed by atoms with van der Waals surface area (Å²) in [5.74, 6) is -0.286. The lowest BCUT2D eigenvalue weighted by Gasteiger charge is -2.28. The Morgan fingerprint density at radius 3 is 2.44 bits per heavy atom. The summed E-state index contributed by atoms with van der Waals surface area (Å²) < 4.78 is 52.8. The predicted molar refractivity (Wildman–Crippen MR) is 95.4 cm³/mol. The third-order valence-corrected chi connectivity index (χ3v) is 7.04. The molecule has 0 N–H and O–H groups in total. The van der Waals surface area contributed by atoms with Crippen LogP contribution in [0.1, 0.15) is 19.9 Å². The first kappa shape index (κ1) is 17.7. The minimum Gasteiger partial charge on any atom is -0.334 e. The van der Waals surface area contributed by atoms with E-state index in [0.29, 0.717) is 5.69 Å². The molecule has 1 aliphatic rings. The molecule has 9 heteroatoms. The molecule has 1 unspecified atom stereocenters. The van der Waals surface area contributed by atoms with Crippen molar-refractivity contribution in [1.82, 2.24) is 9.55 Å². The summed E-state index contributed by atoms with van der Waals surface area (Å²) in [6.07, 6.45) is 4.32. The summed E-state index contributed by atoms with van der Waals surface area (Å²) in [6, 6.07) is 7.71. The summed E-state index contributed by atoms with van der Waals surface area (Å²) >= 11 is 0. The quantitative estimate of drug-likeness (QED) is 0.790. The molecule has 0 bridgehead atoms. The Morgan fingerprint density at radius 2 is 1.92 bits per heavy atom. The van der Waals surface area contributed by atoms with Crippen LogP contribution in [-0.4, -0.2) is 38.2 Å². The summed E-state index contributed by atoms with van der Waals surface area (Å²) in [4.78, 5) is 4.02. The van der Waals surface area contributed by atoms with E-state index in [1.165, 1.54) is 18.6 Å². The van der Waals surface area contributed by atoms with Crippen molar-refractivity contribution >= 4 is 25.5 Å². The van der Waals surface area contributed by atoms with Crippen molar-refractivity contribution in [3.05, 3.63) is 54.3 Å². The molecule has 0 saturated carbocycles. The zero-order chi connectivity index (χ0) is 18.2. The average molecular weight is 381 g/mol. The molecular weight excluding hydrogens is 362 g/mol. The van der Waals surface area contributed by atoms with E-state index in [1.807, 2.05) is 13.8 Å². The Labute approximate surface area is 147 Å². The Hall–Kier alpha value is -2.13. The number of aromatic nitrogens is 2. The van der Waals surface area contributed by atoms with Crippen molar-refractivity contribution in [1.29, 1.82) is 0 Å². The number of sulfonamides is 1. The van der Waals surface area contributed by atoms with Gasteiger partial charge in [0.15, 0.2) is 14.9 Å². The number of hydrogen-bond acceptors (Lipinski definition) is 5. The van der Waals surface area contributed by atoms with Crippen molar-refractivity contribution in [2.24, 2.45) is 0 Å². The fourth-order valence-electron chi connectivity index (χ4n) is 2.62. The monoisotopic (exact) mass is 381 g/mol. The molecule has 0 spiro atoms. The topological polar surface area (TPSA) is 89.3 Å². The number of sulfone groups is 1. The molecule has 25 heavy (non-hydrogen) atoms. The van der Waals surface area contributed by atoms with Gasteiger partial charge in [-0.3, -0.25) is 4.31 Å². The number of rotatable bonds is 5. The molecule has 134 valence electrons. The summed E-state index contributed by atoms with van der Waals surface area (Å²) in [5.41, 5.74) is 0.397. The van der Waals surface area contributed by atoms with Crippen LogP contribution in [0.5, 0.6) is 0 Å². The summed E-state index contributed by atoms with van der Waals surface area (Å²) in [6.45, 7) is 3.83. The predicted octanol–water partition coefficient (Wildman–Crippen LogP) is 1.97. The largest absolute Gasteiger partial charge is 0.334 e. The number of imidazole rings is 1. The molecule has 7 nitrogen and oxygen atoms in total. The number of para-hydroxylation sites is 1. The number of hydrogen-bond donors (Lipinski definition) is 0. The number of nitrogens with zero attached hydrogens (tertiary/aromatic N) is 3. The molecule has 0 amide bonds. The molecule has 1 aliphatic heterocycles. The minimum atomic E-state index is -4.01.